The van der Waals surface area contributed by atoms with Crippen LogP contribution in [-0.4, -0.2) is 11.2 Å². The van der Waals surface area contributed by atoms with Crippen LogP contribution < -0.4 is 5.73 Å². The second-order valence-electron chi connectivity index (χ2n) is 2.87. The van der Waals surface area contributed by atoms with E-state index in [9.17, 15) is 13.2 Å². The number of aryl methyl sites for hydroxylation is 1. The SMILES string of the molecule is Cc1cc(Cl)c([C@H](N)C(F)(F)F)cn1. The summed E-state index contributed by atoms with van der Waals surface area (Å²) in [4.78, 5) is 3.71. The summed E-state index contributed by atoms with van der Waals surface area (Å²) in [5.41, 5.74) is 5.32. The van der Waals surface area contributed by atoms with Crippen molar-refractivity contribution < 1.29 is 13.2 Å². The molecule has 0 saturated carbocycles. The minimum atomic E-state index is -4.50. The Bertz CT molecular complexity index is 338. The summed E-state index contributed by atoms with van der Waals surface area (Å²) in [6.45, 7) is 1.63. The summed E-state index contributed by atoms with van der Waals surface area (Å²) in [6, 6.07) is -0.731. The molecule has 14 heavy (non-hydrogen) atoms. The summed E-state index contributed by atoms with van der Waals surface area (Å²) in [6.07, 6.45) is -3.45. The quantitative estimate of drug-likeness (QED) is 0.796. The van der Waals surface area contributed by atoms with Crippen LogP contribution in [-0.2, 0) is 0 Å². The van der Waals surface area contributed by atoms with Gasteiger partial charge in [0.2, 0.25) is 0 Å². The number of hydrogen-bond acceptors (Lipinski definition) is 2. The molecule has 0 aliphatic heterocycles. The lowest BCUT2D eigenvalue weighted by atomic mass is 10.1. The highest BCUT2D eigenvalue weighted by atomic mass is 35.5. The van der Waals surface area contributed by atoms with E-state index >= 15 is 0 Å². The zero-order valence-electron chi connectivity index (χ0n) is 7.27. The number of halogens is 4. The smallest absolute Gasteiger partial charge is 0.316 e. The minimum absolute atomic E-state index is 0.0117. The van der Waals surface area contributed by atoms with Gasteiger partial charge < -0.3 is 5.73 Å². The van der Waals surface area contributed by atoms with Gasteiger partial charge in [-0.3, -0.25) is 4.98 Å². The van der Waals surface area contributed by atoms with E-state index in [4.69, 9.17) is 17.3 Å². The van der Waals surface area contributed by atoms with Crippen molar-refractivity contribution in [3.05, 3.63) is 28.5 Å². The van der Waals surface area contributed by atoms with Crippen LogP contribution in [0.4, 0.5) is 13.2 Å². The molecule has 1 aromatic heterocycles. The van der Waals surface area contributed by atoms with E-state index in [2.05, 4.69) is 4.98 Å². The van der Waals surface area contributed by atoms with Crippen LogP contribution in [0.1, 0.15) is 17.3 Å². The first-order valence-corrected chi connectivity index (χ1v) is 4.14. The van der Waals surface area contributed by atoms with Gasteiger partial charge in [-0.1, -0.05) is 11.6 Å². The Labute approximate surface area is 83.9 Å². The van der Waals surface area contributed by atoms with E-state index in [1.807, 2.05) is 0 Å². The topological polar surface area (TPSA) is 38.9 Å². The molecule has 0 spiro atoms. The predicted molar refractivity (Wildman–Crippen MR) is 47.0 cm³/mol. The fraction of sp³-hybridized carbons (Fsp3) is 0.375. The molecule has 0 saturated heterocycles. The Hall–Kier alpha value is -0.810. The molecule has 1 rings (SSSR count). The lowest BCUT2D eigenvalue weighted by molar-refractivity contribution is -0.149. The maximum atomic E-state index is 12.2. The van der Waals surface area contributed by atoms with E-state index in [0.29, 0.717) is 5.69 Å². The van der Waals surface area contributed by atoms with Crippen LogP contribution in [0.5, 0.6) is 0 Å². The number of hydrogen-bond donors (Lipinski definition) is 1. The molecule has 6 heteroatoms. The third-order valence-corrected chi connectivity index (χ3v) is 2.03. The Kier molecular flexibility index (Phi) is 3.01. The largest absolute Gasteiger partial charge is 0.407 e. The summed E-state index contributed by atoms with van der Waals surface area (Å²) in [7, 11) is 0. The van der Waals surface area contributed by atoms with E-state index in [1.54, 1.807) is 6.92 Å². The summed E-state index contributed by atoms with van der Waals surface area (Å²) < 4.78 is 36.6. The van der Waals surface area contributed by atoms with Crippen LogP contribution in [0.3, 0.4) is 0 Å². The standard InChI is InChI=1S/C8H8ClF3N2/c1-4-2-6(9)5(3-14-4)7(13)8(10,11)12/h2-3,7H,13H2,1H3/t7-/m0/s1. The van der Waals surface area contributed by atoms with Crippen LogP contribution in [0.25, 0.3) is 0 Å². The molecule has 0 fully saturated rings. The minimum Gasteiger partial charge on any atom is -0.316 e. The average molecular weight is 225 g/mol. The first-order chi connectivity index (χ1) is 6.32. The highest BCUT2D eigenvalue weighted by Gasteiger charge is 2.39. The summed E-state index contributed by atoms with van der Waals surface area (Å²) >= 11 is 5.61. The molecule has 0 aliphatic rings. The van der Waals surface area contributed by atoms with Crippen LogP contribution >= 0.6 is 11.6 Å². The molecule has 0 aromatic carbocycles. The Morgan fingerprint density at radius 1 is 1.50 bits per heavy atom. The van der Waals surface area contributed by atoms with Crippen LogP contribution in [0, 0.1) is 6.92 Å². The van der Waals surface area contributed by atoms with E-state index in [1.165, 1.54) is 6.07 Å². The van der Waals surface area contributed by atoms with Gasteiger partial charge in [-0.15, -0.1) is 0 Å². The molecule has 0 aliphatic carbocycles. The monoisotopic (exact) mass is 224 g/mol. The first kappa shape index (κ1) is 11.3. The Morgan fingerprint density at radius 3 is 2.50 bits per heavy atom. The zero-order valence-corrected chi connectivity index (χ0v) is 8.02. The van der Waals surface area contributed by atoms with E-state index < -0.39 is 12.2 Å². The highest BCUT2D eigenvalue weighted by Crippen LogP contribution is 2.33. The first-order valence-electron chi connectivity index (χ1n) is 3.76. The molecular weight excluding hydrogens is 217 g/mol. The molecule has 0 radical (unpaired) electrons. The van der Waals surface area contributed by atoms with E-state index in [0.717, 1.165) is 6.20 Å². The number of rotatable bonds is 1. The number of nitrogens with zero attached hydrogens (tertiary/aromatic N) is 1. The molecule has 1 aromatic rings. The molecule has 0 amide bonds. The molecule has 2 N–H and O–H groups in total. The Morgan fingerprint density at radius 2 is 2.07 bits per heavy atom. The van der Waals surface area contributed by atoms with Gasteiger partial charge in [0, 0.05) is 22.5 Å². The number of nitrogens with two attached hydrogens (primary N) is 1. The number of pyridine rings is 1. The van der Waals surface area contributed by atoms with Gasteiger partial charge >= 0.3 is 6.18 Å². The lowest BCUT2D eigenvalue weighted by Gasteiger charge is -2.16. The second kappa shape index (κ2) is 3.74. The number of aromatic nitrogens is 1. The van der Waals surface area contributed by atoms with Crippen molar-refractivity contribution in [3.63, 3.8) is 0 Å². The number of alkyl halides is 3. The van der Waals surface area contributed by atoms with Gasteiger partial charge in [0.05, 0.1) is 0 Å². The second-order valence-corrected chi connectivity index (χ2v) is 3.27. The van der Waals surface area contributed by atoms with Gasteiger partial charge in [-0.2, -0.15) is 13.2 Å². The van der Waals surface area contributed by atoms with Gasteiger partial charge in [0.15, 0.2) is 0 Å². The molecule has 1 heterocycles. The predicted octanol–water partition coefficient (Wildman–Crippen LogP) is 2.61. The fourth-order valence-corrected chi connectivity index (χ4v) is 1.27. The highest BCUT2D eigenvalue weighted by molar-refractivity contribution is 6.31. The average Bonchev–Trinajstić information content (AvgIpc) is 2.01. The third kappa shape index (κ3) is 2.36. The lowest BCUT2D eigenvalue weighted by Crippen LogP contribution is -2.28. The molecule has 0 unspecified atom stereocenters. The van der Waals surface area contributed by atoms with Gasteiger partial charge in [0.25, 0.3) is 0 Å². The molecule has 2 nitrogen and oxygen atoms in total. The van der Waals surface area contributed by atoms with Crippen molar-refractivity contribution >= 4 is 11.6 Å². The van der Waals surface area contributed by atoms with E-state index in [-0.39, 0.29) is 10.6 Å². The maximum Gasteiger partial charge on any atom is 0.407 e. The molecule has 1 atom stereocenters. The van der Waals surface area contributed by atoms with Crippen molar-refractivity contribution in [1.29, 1.82) is 0 Å². The zero-order chi connectivity index (χ0) is 10.9. The third-order valence-electron chi connectivity index (χ3n) is 1.71. The van der Waals surface area contributed by atoms with Gasteiger partial charge in [-0.25, -0.2) is 0 Å². The summed E-state index contributed by atoms with van der Waals surface area (Å²) in [5, 5.41) is -0.0117. The van der Waals surface area contributed by atoms with Crippen molar-refractivity contribution in [1.82, 2.24) is 4.98 Å². The van der Waals surface area contributed by atoms with Gasteiger partial charge in [0.1, 0.15) is 6.04 Å². The molecule has 78 valence electrons. The van der Waals surface area contributed by atoms with Crippen molar-refractivity contribution in [2.45, 2.75) is 19.1 Å². The van der Waals surface area contributed by atoms with Crippen molar-refractivity contribution in [3.8, 4) is 0 Å². The Balaban J connectivity index is 3.08. The maximum absolute atomic E-state index is 12.2. The molecule has 0 bridgehead atoms. The normalized spacial score (nSPS) is 14.1. The molecular formula is C8H8ClF3N2. The van der Waals surface area contributed by atoms with Crippen LogP contribution in [0.15, 0.2) is 12.3 Å². The van der Waals surface area contributed by atoms with Gasteiger partial charge in [-0.05, 0) is 13.0 Å². The van der Waals surface area contributed by atoms with Crippen LogP contribution in [0.2, 0.25) is 5.02 Å². The van der Waals surface area contributed by atoms with Crippen molar-refractivity contribution in [2.24, 2.45) is 5.73 Å². The fourth-order valence-electron chi connectivity index (χ4n) is 0.942. The van der Waals surface area contributed by atoms with Crippen molar-refractivity contribution in [2.75, 3.05) is 0 Å². The summed E-state index contributed by atoms with van der Waals surface area (Å²) in [5.74, 6) is 0.